The molecule has 0 spiro atoms. The molecule has 0 aliphatic carbocycles. The van der Waals surface area contributed by atoms with Gasteiger partial charge in [-0.3, -0.25) is 4.79 Å². The number of rotatable bonds is 4. The van der Waals surface area contributed by atoms with Crippen molar-refractivity contribution in [2.75, 3.05) is 26.3 Å². The van der Waals surface area contributed by atoms with Crippen LogP contribution in [0, 0.1) is 0 Å². The molecule has 0 bridgehead atoms. The summed E-state index contributed by atoms with van der Waals surface area (Å²) >= 11 is 0. The summed E-state index contributed by atoms with van der Waals surface area (Å²) in [5.74, 6) is 0.752. The quantitative estimate of drug-likeness (QED) is 0.871. The lowest BCUT2D eigenvalue weighted by Crippen LogP contribution is -2.47. The fourth-order valence-corrected chi connectivity index (χ4v) is 2.69. The molecular weight excluding hydrogens is 278 g/mol. The van der Waals surface area contributed by atoms with Crippen molar-refractivity contribution in [3.05, 3.63) is 42.5 Å². The minimum absolute atomic E-state index is 0.0231. The Morgan fingerprint density at radius 2 is 2.09 bits per heavy atom. The van der Waals surface area contributed by atoms with Gasteiger partial charge in [0.2, 0.25) is 0 Å². The molecule has 0 radical (unpaired) electrons. The molecule has 0 N–H and O–H groups in total. The highest BCUT2D eigenvalue weighted by Gasteiger charge is 2.23. The summed E-state index contributed by atoms with van der Waals surface area (Å²) in [6.45, 7) is 4.08. The highest BCUT2D eigenvalue weighted by atomic mass is 16.5. The van der Waals surface area contributed by atoms with E-state index in [1.165, 1.54) is 5.39 Å². The van der Waals surface area contributed by atoms with Crippen LogP contribution in [0.3, 0.4) is 0 Å². The van der Waals surface area contributed by atoms with Crippen LogP contribution in [0.2, 0.25) is 0 Å². The highest BCUT2D eigenvalue weighted by molar-refractivity contribution is 5.84. The monoisotopic (exact) mass is 299 g/mol. The van der Waals surface area contributed by atoms with E-state index in [9.17, 15) is 4.79 Å². The summed E-state index contributed by atoms with van der Waals surface area (Å²) in [4.78, 5) is 14.1. The lowest BCUT2D eigenvalue weighted by Gasteiger charge is -2.32. The zero-order valence-electron chi connectivity index (χ0n) is 12.8. The Balaban J connectivity index is 1.59. The summed E-state index contributed by atoms with van der Waals surface area (Å²) in [7, 11) is 0. The zero-order chi connectivity index (χ0) is 15.4. The number of nitrogens with zero attached hydrogens (tertiary/aromatic N) is 1. The van der Waals surface area contributed by atoms with Crippen LogP contribution in [-0.2, 0) is 9.53 Å². The van der Waals surface area contributed by atoms with Gasteiger partial charge in [-0.2, -0.15) is 0 Å². The van der Waals surface area contributed by atoms with E-state index in [0.29, 0.717) is 19.7 Å². The number of carbonyl (C=O) groups excluding carboxylic acids is 1. The third kappa shape index (κ3) is 3.39. The van der Waals surface area contributed by atoms with E-state index in [2.05, 4.69) is 13.0 Å². The Hall–Kier alpha value is -2.07. The van der Waals surface area contributed by atoms with Gasteiger partial charge in [0.05, 0.1) is 12.7 Å². The molecule has 2 aromatic rings. The molecule has 3 rings (SSSR count). The van der Waals surface area contributed by atoms with Crippen molar-refractivity contribution < 1.29 is 14.3 Å². The molecule has 4 heteroatoms. The lowest BCUT2D eigenvalue weighted by atomic mass is 10.1. The summed E-state index contributed by atoms with van der Waals surface area (Å²) in [5.41, 5.74) is 0. The van der Waals surface area contributed by atoms with Gasteiger partial charge >= 0.3 is 0 Å². The van der Waals surface area contributed by atoms with Gasteiger partial charge in [-0.15, -0.1) is 0 Å². The Labute approximate surface area is 130 Å². The van der Waals surface area contributed by atoms with Gasteiger partial charge in [-0.25, -0.2) is 0 Å². The SMILES string of the molecule is CCC1CN(C(=O)COc2ccc3ccccc3c2)CCO1. The van der Waals surface area contributed by atoms with Crippen LogP contribution in [0.25, 0.3) is 10.8 Å². The second kappa shape index (κ2) is 6.79. The topological polar surface area (TPSA) is 38.8 Å². The van der Waals surface area contributed by atoms with E-state index in [1.807, 2.05) is 41.3 Å². The number of hydrogen-bond acceptors (Lipinski definition) is 3. The lowest BCUT2D eigenvalue weighted by molar-refractivity contribution is -0.140. The minimum atomic E-state index is 0.0231. The summed E-state index contributed by atoms with van der Waals surface area (Å²) in [5, 5.41) is 2.28. The van der Waals surface area contributed by atoms with Crippen LogP contribution in [0.4, 0.5) is 0 Å². The molecule has 0 saturated carbocycles. The highest BCUT2D eigenvalue weighted by Crippen LogP contribution is 2.20. The van der Waals surface area contributed by atoms with Gasteiger partial charge in [-0.1, -0.05) is 37.3 Å². The standard InChI is InChI=1S/C18H21NO3/c1-2-16-12-19(9-10-21-16)18(20)13-22-17-8-7-14-5-3-4-6-15(14)11-17/h3-8,11,16H,2,9-10,12-13H2,1H3. The first-order valence-corrected chi connectivity index (χ1v) is 7.77. The van der Waals surface area contributed by atoms with Crippen LogP contribution in [0.1, 0.15) is 13.3 Å². The van der Waals surface area contributed by atoms with E-state index in [4.69, 9.17) is 9.47 Å². The van der Waals surface area contributed by atoms with Crippen LogP contribution >= 0.6 is 0 Å². The number of ether oxygens (including phenoxy) is 2. The van der Waals surface area contributed by atoms with Crippen molar-refractivity contribution in [2.24, 2.45) is 0 Å². The van der Waals surface area contributed by atoms with E-state index in [0.717, 1.165) is 17.6 Å². The minimum Gasteiger partial charge on any atom is -0.484 e. The maximum atomic E-state index is 12.2. The van der Waals surface area contributed by atoms with E-state index >= 15 is 0 Å². The third-order valence-electron chi connectivity index (χ3n) is 4.03. The van der Waals surface area contributed by atoms with Crippen LogP contribution in [-0.4, -0.2) is 43.2 Å². The van der Waals surface area contributed by atoms with Crippen LogP contribution in [0.15, 0.2) is 42.5 Å². The molecule has 1 fully saturated rings. The van der Waals surface area contributed by atoms with Crippen LogP contribution in [0.5, 0.6) is 5.75 Å². The Bertz CT molecular complexity index is 656. The Kier molecular flexibility index (Phi) is 4.59. The molecular formula is C18H21NO3. The number of amides is 1. The Morgan fingerprint density at radius 1 is 1.27 bits per heavy atom. The predicted octanol–water partition coefficient (Wildman–Crippen LogP) is 2.86. The first-order valence-electron chi connectivity index (χ1n) is 7.77. The van der Waals surface area contributed by atoms with Gasteiger partial charge in [0, 0.05) is 13.1 Å². The van der Waals surface area contributed by atoms with Gasteiger partial charge < -0.3 is 14.4 Å². The molecule has 1 unspecified atom stereocenters. The second-order valence-electron chi connectivity index (χ2n) is 5.54. The molecule has 116 valence electrons. The average Bonchev–Trinajstić information content (AvgIpc) is 2.59. The molecule has 1 saturated heterocycles. The molecule has 0 aromatic heterocycles. The van der Waals surface area contributed by atoms with E-state index < -0.39 is 0 Å². The summed E-state index contributed by atoms with van der Waals surface area (Å²) in [6.07, 6.45) is 1.08. The number of benzene rings is 2. The summed E-state index contributed by atoms with van der Waals surface area (Å²) < 4.78 is 11.2. The largest absolute Gasteiger partial charge is 0.484 e. The van der Waals surface area contributed by atoms with Gasteiger partial charge in [0.1, 0.15) is 5.75 Å². The zero-order valence-corrected chi connectivity index (χ0v) is 12.8. The normalized spacial score (nSPS) is 18.4. The molecule has 1 heterocycles. The first-order chi connectivity index (χ1) is 10.8. The van der Waals surface area contributed by atoms with Crippen molar-refractivity contribution >= 4 is 16.7 Å². The molecule has 2 aromatic carbocycles. The maximum Gasteiger partial charge on any atom is 0.260 e. The molecule has 4 nitrogen and oxygen atoms in total. The Morgan fingerprint density at radius 3 is 2.91 bits per heavy atom. The number of carbonyl (C=O) groups is 1. The number of hydrogen-bond donors (Lipinski definition) is 0. The fraction of sp³-hybridized carbons (Fsp3) is 0.389. The van der Waals surface area contributed by atoms with Crippen molar-refractivity contribution in [1.29, 1.82) is 0 Å². The molecule has 1 aliphatic heterocycles. The smallest absolute Gasteiger partial charge is 0.260 e. The van der Waals surface area contributed by atoms with Gasteiger partial charge in [0.25, 0.3) is 5.91 Å². The maximum absolute atomic E-state index is 12.2. The van der Waals surface area contributed by atoms with Crippen molar-refractivity contribution in [2.45, 2.75) is 19.4 Å². The predicted molar refractivity (Wildman–Crippen MR) is 86.1 cm³/mol. The summed E-state index contributed by atoms with van der Waals surface area (Å²) in [6, 6.07) is 14.0. The first kappa shape index (κ1) is 14.9. The molecule has 1 aliphatic rings. The van der Waals surface area contributed by atoms with Crippen LogP contribution < -0.4 is 4.74 Å². The average molecular weight is 299 g/mol. The fourth-order valence-electron chi connectivity index (χ4n) is 2.69. The number of fused-ring (bicyclic) bond motifs is 1. The van der Waals surface area contributed by atoms with Crippen molar-refractivity contribution in [3.63, 3.8) is 0 Å². The molecule has 1 amide bonds. The van der Waals surface area contributed by atoms with Crippen molar-refractivity contribution in [1.82, 2.24) is 4.90 Å². The van der Waals surface area contributed by atoms with E-state index in [1.54, 1.807) is 0 Å². The van der Waals surface area contributed by atoms with Gasteiger partial charge in [-0.05, 0) is 29.3 Å². The number of morpholine rings is 1. The van der Waals surface area contributed by atoms with E-state index in [-0.39, 0.29) is 18.6 Å². The van der Waals surface area contributed by atoms with Crippen molar-refractivity contribution in [3.8, 4) is 5.75 Å². The molecule has 22 heavy (non-hydrogen) atoms. The molecule has 1 atom stereocenters. The third-order valence-corrected chi connectivity index (χ3v) is 4.03. The van der Waals surface area contributed by atoms with Gasteiger partial charge in [0.15, 0.2) is 6.61 Å². The second-order valence-corrected chi connectivity index (χ2v) is 5.54.